The van der Waals surface area contributed by atoms with Crippen LogP contribution in [-0.2, 0) is 26.2 Å². The van der Waals surface area contributed by atoms with E-state index in [1.165, 1.54) is 47.3 Å². The van der Waals surface area contributed by atoms with Crippen LogP contribution in [0.15, 0.2) is 12.3 Å². The van der Waals surface area contributed by atoms with Crippen LogP contribution in [-0.4, -0.2) is 58.3 Å². The number of rotatable bonds is 5. The van der Waals surface area contributed by atoms with Crippen molar-refractivity contribution in [2.45, 2.75) is 45.4 Å². The molecule has 0 amide bonds. The van der Waals surface area contributed by atoms with Crippen LogP contribution in [0.4, 0.5) is 5.13 Å². The van der Waals surface area contributed by atoms with Crippen LogP contribution in [0, 0.1) is 0 Å². The van der Waals surface area contributed by atoms with E-state index in [2.05, 4.69) is 50.7 Å². The van der Waals surface area contributed by atoms with Gasteiger partial charge in [0.15, 0.2) is 5.13 Å². The molecule has 0 unspecified atom stereocenters. The van der Waals surface area contributed by atoms with Crippen LogP contribution in [0.2, 0.25) is 0 Å². The van der Waals surface area contributed by atoms with Gasteiger partial charge in [0.2, 0.25) is 0 Å². The van der Waals surface area contributed by atoms with Crippen molar-refractivity contribution in [2.24, 2.45) is 0 Å². The number of hydrogen-bond donors (Lipinski definition) is 0. The second kappa shape index (κ2) is 7.43. The highest BCUT2D eigenvalue weighted by atomic mass is 32.1. The van der Waals surface area contributed by atoms with E-state index < -0.39 is 0 Å². The molecule has 7 heteroatoms. The molecule has 0 atom stereocenters. The van der Waals surface area contributed by atoms with Gasteiger partial charge in [0.25, 0.3) is 0 Å². The normalized spacial score (nSPS) is 18.8. The molecule has 25 heavy (non-hydrogen) atoms. The Bertz CT molecular complexity index is 700. The first-order valence-electron chi connectivity index (χ1n) is 9.30. The van der Waals surface area contributed by atoms with Crippen LogP contribution in [0.5, 0.6) is 0 Å². The lowest BCUT2D eigenvalue weighted by molar-refractivity contribution is 0.263. The number of aromatic nitrogens is 3. The van der Waals surface area contributed by atoms with Crippen molar-refractivity contribution < 1.29 is 0 Å². The van der Waals surface area contributed by atoms with Gasteiger partial charge in [-0.1, -0.05) is 0 Å². The van der Waals surface area contributed by atoms with Gasteiger partial charge < -0.3 is 9.80 Å². The van der Waals surface area contributed by atoms with Crippen LogP contribution in [0.3, 0.4) is 0 Å². The quantitative estimate of drug-likeness (QED) is 0.819. The maximum Gasteiger partial charge on any atom is 0.185 e. The summed E-state index contributed by atoms with van der Waals surface area (Å²) in [6.07, 6.45) is 5.85. The maximum absolute atomic E-state index is 4.78. The molecule has 0 spiro atoms. The highest BCUT2D eigenvalue weighted by Gasteiger charge is 2.19. The lowest BCUT2D eigenvalue weighted by Gasteiger charge is -2.18. The maximum atomic E-state index is 4.78. The van der Waals surface area contributed by atoms with E-state index in [-0.39, 0.29) is 0 Å². The Morgan fingerprint density at radius 1 is 1.12 bits per heavy atom. The van der Waals surface area contributed by atoms with Gasteiger partial charge in [0.05, 0.1) is 11.4 Å². The van der Waals surface area contributed by atoms with Crippen molar-refractivity contribution in [3.8, 4) is 0 Å². The van der Waals surface area contributed by atoms with E-state index in [0.29, 0.717) is 0 Å². The zero-order valence-corrected chi connectivity index (χ0v) is 16.1. The summed E-state index contributed by atoms with van der Waals surface area (Å²) >= 11 is 1.87. The van der Waals surface area contributed by atoms with E-state index in [0.717, 1.165) is 39.1 Å². The average Bonchev–Trinajstić information content (AvgIpc) is 3.27. The third kappa shape index (κ3) is 4.04. The van der Waals surface area contributed by atoms with Gasteiger partial charge in [-0.15, -0.1) is 11.3 Å². The number of thiazole rings is 1. The first-order chi connectivity index (χ1) is 12.2. The molecular weight excluding hydrogens is 332 g/mol. The molecule has 0 bridgehead atoms. The van der Waals surface area contributed by atoms with E-state index in [1.54, 1.807) is 0 Å². The first kappa shape index (κ1) is 17.0. The van der Waals surface area contributed by atoms with Crippen molar-refractivity contribution in [3.05, 3.63) is 28.5 Å². The third-order valence-corrected chi connectivity index (χ3v) is 5.96. The van der Waals surface area contributed by atoms with E-state index in [1.807, 2.05) is 11.3 Å². The molecule has 2 aromatic heterocycles. The standard InChI is InChI=1S/C18H28N6S/c1-21(2)12-15-10-16-13-22(6-5-9-24(16)20-15)14-17-11-19-18(25-17)23-7-3-4-8-23/h10-11H,3-9,12-14H2,1-2H3. The predicted molar refractivity (Wildman–Crippen MR) is 102 cm³/mol. The molecule has 0 aromatic carbocycles. The largest absolute Gasteiger partial charge is 0.348 e. The van der Waals surface area contributed by atoms with Crippen LogP contribution >= 0.6 is 11.3 Å². The molecule has 4 heterocycles. The van der Waals surface area contributed by atoms with Gasteiger partial charge >= 0.3 is 0 Å². The molecule has 0 radical (unpaired) electrons. The average molecular weight is 361 g/mol. The fourth-order valence-corrected chi connectivity index (χ4v) is 4.77. The number of fused-ring (bicyclic) bond motifs is 1. The zero-order chi connectivity index (χ0) is 17.2. The van der Waals surface area contributed by atoms with Crippen molar-refractivity contribution >= 4 is 16.5 Å². The number of aryl methyl sites for hydroxylation is 1. The molecule has 6 nitrogen and oxygen atoms in total. The summed E-state index contributed by atoms with van der Waals surface area (Å²) in [6.45, 7) is 7.39. The molecule has 0 aliphatic carbocycles. The van der Waals surface area contributed by atoms with Crippen molar-refractivity contribution in [1.82, 2.24) is 24.6 Å². The van der Waals surface area contributed by atoms with E-state index >= 15 is 0 Å². The van der Waals surface area contributed by atoms with Gasteiger partial charge in [-0.3, -0.25) is 9.58 Å². The van der Waals surface area contributed by atoms with Crippen molar-refractivity contribution in [2.75, 3.05) is 38.6 Å². The number of anilines is 1. The monoisotopic (exact) mass is 360 g/mol. The lowest BCUT2D eigenvalue weighted by Crippen LogP contribution is -2.22. The van der Waals surface area contributed by atoms with Gasteiger partial charge in [0, 0.05) is 56.9 Å². The lowest BCUT2D eigenvalue weighted by atomic mass is 10.3. The van der Waals surface area contributed by atoms with Gasteiger partial charge in [-0.05, 0) is 39.4 Å². The minimum absolute atomic E-state index is 0.911. The van der Waals surface area contributed by atoms with Crippen LogP contribution < -0.4 is 4.90 Å². The van der Waals surface area contributed by atoms with Crippen molar-refractivity contribution in [1.29, 1.82) is 0 Å². The second-order valence-electron chi connectivity index (χ2n) is 7.46. The molecule has 136 valence electrons. The number of nitrogens with zero attached hydrogens (tertiary/aromatic N) is 6. The third-order valence-electron chi connectivity index (χ3n) is 4.92. The Hall–Kier alpha value is -1.44. The summed E-state index contributed by atoms with van der Waals surface area (Å²) in [4.78, 5) is 13.2. The van der Waals surface area contributed by atoms with Crippen LogP contribution in [0.1, 0.15) is 35.5 Å². The van der Waals surface area contributed by atoms with Crippen molar-refractivity contribution in [3.63, 3.8) is 0 Å². The van der Waals surface area contributed by atoms with Gasteiger partial charge in [-0.25, -0.2) is 4.98 Å². The second-order valence-corrected chi connectivity index (χ2v) is 8.55. The summed E-state index contributed by atoms with van der Waals surface area (Å²) < 4.78 is 2.21. The summed E-state index contributed by atoms with van der Waals surface area (Å²) in [5, 5.41) is 5.99. The fourth-order valence-electron chi connectivity index (χ4n) is 3.77. The SMILES string of the molecule is CN(C)Cc1cc2n(n1)CCCN(Cc1cnc(N3CCCC3)s1)C2. The Balaban J connectivity index is 1.42. The Labute approximate surface area is 154 Å². The summed E-state index contributed by atoms with van der Waals surface area (Å²) in [5.74, 6) is 0. The number of hydrogen-bond acceptors (Lipinski definition) is 6. The smallest absolute Gasteiger partial charge is 0.185 e. The summed E-state index contributed by atoms with van der Waals surface area (Å²) in [7, 11) is 4.19. The summed E-state index contributed by atoms with van der Waals surface area (Å²) in [6, 6.07) is 2.28. The predicted octanol–water partition coefficient (Wildman–Crippen LogP) is 2.41. The molecule has 2 aromatic rings. The molecule has 2 aliphatic heterocycles. The molecule has 0 N–H and O–H groups in total. The summed E-state index contributed by atoms with van der Waals surface area (Å²) in [5.41, 5.74) is 2.52. The van der Waals surface area contributed by atoms with E-state index in [9.17, 15) is 0 Å². The Morgan fingerprint density at radius 2 is 1.96 bits per heavy atom. The molecule has 2 aliphatic rings. The highest BCUT2D eigenvalue weighted by Crippen LogP contribution is 2.27. The van der Waals surface area contributed by atoms with E-state index in [4.69, 9.17) is 5.10 Å². The minimum atomic E-state index is 0.911. The first-order valence-corrected chi connectivity index (χ1v) is 10.1. The Kier molecular flexibility index (Phi) is 5.05. The molecule has 0 saturated carbocycles. The molecule has 1 saturated heterocycles. The highest BCUT2D eigenvalue weighted by molar-refractivity contribution is 7.15. The molecule has 4 rings (SSSR count). The van der Waals surface area contributed by atoms with Gasteiger partial charge in [-0.2, -0.15) is 5.10 Å². The molecular formula is C18H28N6S. The van der Waals surface area contributed by atoms with Crippen LogP contribution in [0.25, 0.3) is 0 Å². The molecule has 1 fully saturated rings. The van der Waals surface area contributed by atoms with Gasteiger partial charge in [0.1, 0.15) is 0 Å². The fraction of sp³-hybridized carbons (Fsp3) is 0.667. The topological polar surface area (TPSA) is 40.4 Å². The Morgan fingerprint density at radius 3 is 2.76 bits per heavy atom. The minimum Gasteiger partial charge on any atom is -0.348 e. The zero-order valence-electron chi connectivity index (χ0n) is 15.3.